The molecule has 0 amide bonds. The molecule has 104 valence electrons. The van der Waals surface area contributed by atoms with E-state index in [2.05, 4.69) is 0 Å². The molecule has 1 aromatic rings. The number of nitrogens with zero attached hydrogens (tertiary/aromatic N) is 2. The van der Waals surface area contributed by atoms with Gasteiger partial charge in [-0.3, -0.25) is 0 Å². The van der Waals surface area contributed by atoms with Gasteiger partial charge < -0.3 is 10.3 Å². The average molecular weight is 262 g/mol. The van der Waals surface area contributed by atoms with E-state index in [4.69, 9.17) is 0 Å². The van der Waals surface area contributed by atoms with E-state index in [1.807, 2.05) is 70.0 Å². The molecule has 0 radical (unpaired) electrons. The summed E-state index contributed by atoms with van der Waals surface area (Å²) in [6.07, 6.45) is -0.877. The highest BCUT2D eigenvalue weighted by Crippen LogP contribution is 2.36. The molecule has 0 aromatic heterocycles. The van der Waals surface area contributed by atoms with Gasteiger partial charge in [0.2, 0.25) is 11.4 Å². The van der Waals surface area contributed by atoms with Gasteiger partial charge in [-0.05, 0) is 26.5 Å². The standard InChI is InChI=1S/C15H22N2O2/c1-14(2)13(17(19)15(3,4)16(14)5)12(18)11-9-7-6-8-10-11/h6-10,12,18H,1-5H3. The Bertz CT molecular complexity index is 506. The lowest BCUT2D eigenvalue weighted by atomic mass is 9.90. The van der Waals surface area contributed by atoms with Crippen molar-refractivity contribution in [1.82, 2.24) is 4.90 Å². The molecule has 2 rings (SSSR count). The minimum atomic E-state index is -0.877. The molecule has 0 saturated heterocycles. The van der Waals surface area contributed by atoms with Gasteiger partial charge in [0.05, 0.1) is 0 Å². The Kier molecular flexibility index (Phi) is 3.19. The second-order valence-corrected chi connectivity index (χ2v) is 6.11. The summed E-state index contributed by atoms with van der Waals surface area (Å²) >= 11 is 0. The van der Waals surface area contributed by atoms with Gasteiger partial charge in [0.25, 0.3) is 0 Å². The Morgan fingerprint density at radius 2 is 1.68 bits per heavy atom. The maximum atomic E-state index is 12.5. The maximum Gasteiger partial charge on any atom is 0.224 e. The Morgan fingerprint density at radius 1 is 1.16 bits per heavy atom. The minimum Gasteiger partial charge on any atom is -0.622 e. The van der Waals surface area contributed by atoms with Gasteiger partial charge in [0, 0.05) is 13.8 Å². The highest BCUT2D eigenvalue weighted by Gasteiger charge is 2.56. The Balaban J connectivity index is 2.52. The summed E-state index contributed by atoms with van der Waals surface area (Å²) in [5.41, 5.74) is 0.0958. The fourth-order valence-corrected chi connectivity index (χ4v) is 2.77. The summed E-state index contributed by atoms with van der Waals surface area (Å²) in [7, 11) is 1.91. The second kappa shape index (κ2) is 4.32. The van der Waals surface area contributed by atoms with Crippen LogP contribution in [0.25, 0.3) is 0 Å². The minimum absolute atomic E-state index is 0.486. The summed E-state index contributed by atoms with van der Waals surface area (Å²) in [5.74, 6) is 0. The molecule has 1 aromatic carbocycles. The molecule has 0 aliphatic carbocycles. The van der Waals surface area contributed by atoms with Crippen molar-refractivity contribution in [2.75, 3.05) is 7.05 Å². The van der Waals surface area contributed by atoms with Crippen molar-refractivity contribution >= 4 is 5.71 Å². The molecule has 4 heteroatoms. The van der Waals surface area contributed by atoms with Gasteiger partial charge in [0.1, 0.15) is 5.54 Å². The SMILES string of the molecule is CN1C(C)(C)C(C(O)c2ccccc2)=[N+]([O-])C1(C)C. The number of hydrogen-bond donors (Lipinski definition) is 1. The summed E-state index contributed by atoms with van der Waals surface area (Å²) in [6, 6.07) is 9.31. The zero-order chi connectivity index (χ0) is 14.4. The van der Waals surface area contributed by atoms with E-state index in [-0.39, 0.29) is 0 Å². The largest absolute Gasteiger partial charge is 0.622 e. The predicted octanol–water partition coefficient (Wildman–Crippen LogP) is 2.13. The lowest BCUT2D eigenvalue weighted by Gasteiger charge is -2.32. The third kappa shape index (κ3) is 1.95. The maximum absolute atomic E-state index is 12.5. The van der Waals surface area contributed by atoms with Gasteiger partial charge in [-0.25, -0.2) is 4.90 Å². The monoisotopic (exact) mass is 262 g/mol. The van der Waals surface area contributed by atoms with Crippen molar-refractivity contribution in [2.24, 2.45) is 0 Å². The number of benzene rings is 1. The third-order valence-corrected chi connectivity index (χ3v) is 4.38. The first-order valence-corrected chi connectivity index (χ1v) is 6.52. The number of rotatable bonds is 2. The lowest BCUT2D eigenvalue weighted by Crippen LogP contribution is -2.51. The lowest BCUT2D eigenvalue weighted by molar-refractivity contribution is -0.558. The van der Waals surface area contributed by atoms with E-state index >= 15 is 0 Å². The van der Waals surface area contributed by atoms with Crippen molar-refractivity contribution in [1.29, 1.82) is 0 Å². The molecule has 0 bridgehead atoms. The first-order chi connectivity index (χ1) is 8.70. The van der Waals surface area contributed by atoms with Crippen LogP contribution in [0.1, 0.15) is 39.4 Å². The van der Waals surface area contributed by atoms with Crippen molar-refractivity contribution < 1.29 is 9.85 Å². The van der Waals surface area contributed by atoms with Crippen LogP contribution >= 0.6 is 0 Å². The van der Waals surface area contributed by atoms with Crippen LogP contribution in [0.2, 0.25) is 0 Å². The van der Waals surface area contributed by atoms with Crippen molar-refractivity contribution in [3.63, 3.8) is 0 Å². The van der Waals surface area contributed by atoms with Gasteiger partial charge in [0.15, 0.2) is 6.10 Å². The van der Waals surface area contributed by atoms with E-state index < -0.39 is 17.3 Å². The van der Waals surface area contributed by atoms with Gasteiger partial charge in [-0.1, -0.05) is 30.3 Å². The van der Waals surface area contributed by atoms with Crippen LogP contribution in [-0.4, -0.2) is 38.7 Å². The first kappa shape index (κ1) is 14.0. The molecule has 1 unspecified atom stereocenters. The van der Waals surface area contributed by atoms with Crippen LogP contribution in [0, 0.1) is 5.21 Å². The van der Waals surface area contributed by atoms with E-state index in [9.17, 15) is 10.3 Å². The highest BCUT2D eigenvalue weighted by molar-refractivity contribution is 5.94. The van der Waals surface area contributed by atoms with Gasteiger partial charge in [-0.2, -0.15) is 4.74 Å². The van der Waals surface area contributed by atoms with Crippen LogP contribution in [-0.2, 0) is 0 Å². The van der Waals surface area contributed by atoms with Crippen LogP contribution in [0.4, 0.5) is 0 Å². The van der Waals surface area contributed by atoms with Crippen molar-refractivity contribution in [2.45, 2.75) is 45.0 Å². The number of hydrogen-bond acceptors (Lipinski definition) is 3. The smallest absolute Gasteiger partial charge is 0.224 e. The van der Waals surface area contributed by atoms with Crippen LogP contribution < -0.4 is 0 Å². The quantitative estimate of drug-likeness (QED) is 0.656. The zero-order valence-corrected chi connectivity index (χ0v) is 12.2. The highest BCUT2D eigenvalue weighted by atomic mass is 16.5. The van der Waals surface area contributed by atoms with E-state index in [1.165, 1.54) is 0 Å². The average Bonchev–Trinajstić information content (AvgIpc) is 2.49. The summed E-state index contributed by atoms with van der Waals surface area (Å²) in [5, 5.41) is 23.1. The molecule has 1 atom stereocenters. The molecule has 1 aliphatic heterocycles. The summed E-state index contributed by atoms with van der Waals surface area (Å²) in [6.45, 7) is 7.67. The third-order valence-electron chi connectivity index (χ3n) is 4.38. The van der Waals surface area contributed by atoms with Crippen LogP contribution in [0.15, 0.2) is 30.3 Å². The number of aliphatic hydroxyl groups is 1. The Hall–Kier alpha value is -1.39. The molecule has 4 nitrogen and oxygen atoms in total. The van der Waals surface area contributed by atoms with Crippen molar-refractivity contribution in [3.8, 4) is 0 Å². The predicted molar refractivity (Wildman–Crippen MR) is 76.0 cm³/mol. The normalized spacial score (nSPS) is 23.7. The number of aliphatic hydroxyl groups excluding tert-OH is 1. The fourth-order valence-electron chi connectivity index (χ4n) is 2.77. The van der Waals surface area contributed by atoms with Crippen LogP contribution in [0.5, 0.6) is 0 Å². The van der Waals surface area contributed by atoms with Gasteiger partial charge in [-0.15, -0.1) is 0 Å². The summed E-state index contributed by atoms with van der Waals surface area (Å²) < 4.78 is 0.949. The van der Waals surface area contributed by atoms with Crippen molar-refractivity contribution in [3.05, 3.63) is 41.1 Å². The van der Waals surface area contributed by atoms with E-state index in [1.54, 1.807) is 0 Å². The van der Waals surface area contributed by atoms with E-state index in [0.717, 1.165) is 10.3 Å². The first-order valence-electron chi connectivity index (χ1n) is 6.52. The molecule has 1 heterocycles. The fraction of sp³-hybridized carbons (Fsp3) is 0.533. The molecule has 1 N–H and O–H groups in total. The number of hydroxylamine groups is 1. The molecular formula is C15H22N2O2. The van der Waals surface area contributed by atoms with E-state index in [0.29, 0.717) is 5.71 Å². The van der Waals surface area contributed by atoms with Crippen LogP contribution in [0.3, 0.4) is 0 Å². The zero-order valence-electron chi connectivity index (χ0n) is 12.2. The Morgan fingerprint density at radius 3 is 2.11 bits per heavy atom. The van der Waals surface area contributed by atoms with Gasteiger partial charge >= 0.3 is 0 Å². The molecule has 19 heavy (non-hydrogen) atoms. The summed E-state index contributed by atoms with van der Waals surface area (Å²) in [4.78, 5) is 1.99. The Labute approximate surface area is 114 Å². The molecule has 0 spiro atoms. The molecule has 0 fully saturated rings. The molecular weight excluding hydrogens is 240 g/mol. The topological polar surface area (TPSA) is 49.5 Å². The molecule has 0 saturated carbocycles. The second-order valence-electron chi connectivity index (χ2n) is 6.11. The molecule has 1 aliphatic rings.